The van der Waals surface area contributed by atoms with Crippen LogP contribution in [0.1, 0.15) is 5.69 Å². The fraction of sp³-hybridized carbons (Fsp3) is 0.400. The summed E-state index contributed by atoms with van der Waals surface area (Å²) in [5.41, 5.74) is 2.97. The van der Waals surface area contributed by atoms with Gasteiger partial charge in [0.1, 0.15) is 5.52 Å². The zero-order valence-corrected chi connectivity index (χ0v) is 13.2. The van der Waals surface area contributed by atoms with Crippen LogP contribution in [0.15, 0.2) is 22.7 Å². The summed E-state index contributed by atoms with van der Waals surface area (Å²) in [6.07, 6.45) is 0. The van der Waals surface area contributed by atoms with Crippen LogP contribution in [-0.2, 0) is 4.74 Å². The third-order valence-electron chi connectivity index (χ3n) is 3.56. The smallest absolute Gasteiger partial charge is 0.168 e. The van der Waals surface area contributed by atoms with Crippen molar-refractivity contribution in [2.75, 3.05) is 38.3 Å². The lowest BCUT2D eigenvalue weighted by molar-refractivity contribution is 0.122. The number of pyridine rings is 1. The van der Waals surface area contributed by atoms with Gasteiger partial charge in [-0.25, -0.2) is 4.98 Å². The molecule has 0 atom stereocenters. The molecule has 1 aromatic heterocycles. The molecule has 0 spiro atoms. The zero-order valence-electron chi connectivity index (χ0n) is 11.6. The fourth-order valence-electron chi connectivity index (χ4n) is 2.55. The van der Waals surface area contributed by atoms with Crippen LogP contribution in [0.5, 0.6) is 5.75 Å². The SMILES string of the molecule is COc1c(N2CCOCC2)cc(Br)c2ccc(C)nc12. The number of anilines is 1. The Bertz CT molecular complexity index is 639. The van der Waals surface area contributed by atoms with E-state index in [4.69, 9.17) is 9.47 Å². The van der Waals surface area contributed by atoms with E-state index >= 15 is 0 Å². The first-order valence-corrected chi connectivity index (χ1v) is 7.46. The molecule has 2 aromatic rings. The molecule has 3 rings (SSSR count). The molecule has 20 heavy (non-hydrogen) atoms. The van der Waals surface area contributed by atoms with Gasteiger partial charge in [0.2, 0.25) is 0 Å². The summed E-state index contributed by atoms with van der Waals surface area (Å²) in [7, 11) is 1.70. The van der Waals surface area contributed by atoms with Crippen LogP contribution in [0.4, 0.5) is 5.69 Å². The second-order valence-corrected chi connectivity index (χ2v) is 5.71. The van der Waals surface area contributed by atoms with E-state index in [1.165, 1.54) is 0 Å². The molecular formula is C15H17BrN2O2. The Kier molecular flexibility index (Phi) is 3.81. The molecular weight excluding hydrogens is 320 g/mol. The Hall–Kier alpha value is -1.33. The second-order valence-electron chi connectivity index (χ2n) is 4.86. The van der Waals surface area contributed by atoms with Gasteiger partial charge in [-0.1, -0.05) is 15.9 Å². The summed E-state index contributed by atoms with van der Waals surface area (Å²) in [4.78, 5) is 6.94. The van der Waals surface area contributed by atoms with E-state index in [1.54, 1.807) is 7.11 Å². The molecule has 1 aliphatic heterocycles. The van der Waals surface area contributed by atoms with Crippen LogP contribution in [-0.4, -0.2) is 38.4 Å². The summed E-state index contributed by atoms with van der Waals surface area (Å²) in [5.74, 6) is 0.841. The number of ether oxygens (including phenoxy) is 2. The molecule has 0 aliphatic carbocycles. The maximum absolute atomic E-state index is 5.66. The van der Waals surface area contributed by atoms with Gasteiger partial charge in [0, 0.05) is 28.6 Å². The lowest BCUT2D eigenvalue weighted by Crippen LogP contribution is -2.36. The molecule has 4 nitrogen and oxygen atoms in total. The number of aromatic nitrogens is 1. The summed E-state index contributed by atoms with van der Waals surface area (Å²) < 4.78 is 12.1. The van der Waals surface area contributed by atoms with Crippen molar-refractivity contribution in [3.05, 3.63) is 28.4 Å². The molecule has 106 valence electrons. The van der Waals surface area contributed by atoms with E-state index < -0.39 is 0 Å². The standard InChI is InChI=1S/C15H17BrN2O2/c1-10-3-4-11-12(16)9-13(15(19-2)14(11)17-10)18-5-7-20-8-6-18/h3-4,9H,5-8H2,1-2H3. The predicted molar refractivity (Wildman–Crippen MR) is 83.8 cm³/mol. The monoisotopic (exact) mass is 336 g/mol. The van der Waals surface area contributed by atoms with E-state index in [9.17, 15) is 0 Å². The second kappa shape index (κ2) is 5.58. The van der Waals surface area contributed by atoms with Crippen LogP contribution in [0.3, 0.4) is 0 Å². The van der Waals surface area contributed by atoms with Gasteiger partial charge in [-0.2, -0.15) is 0 Å². The van der Waals surface area contributed by atoms with Crippen LogP contribution < -0.4 is 9.64 Å². The van der Waals surface area contributed by atoms with E-state index in [2.05, 4.69) is 37.9 Å². The average molecular weight is 337 g/mol. The van der Waals surface area contributed by atoms with Gasteiger partial charge in [0.15, 0.2) is 5.75 Å². The molecule has 1 aliphatic rings. The van der Waals surface area contributed by atoms with Crippen molar-refractivity contribution in [1.82, 2.24) is 4.98 Å². The highest BCUT2D eigenvalue weighted by Gasteiger charge is 2.20. The van der Waals surface area contributed by atoms with E-state index in [-0.39, 0.29) is 0 Å². The lowest BCUT2D eigenvalue weighted by Gasteiger charge is -2.30. The number of aryl methyl sites for hydroxylation is 1. The average Bonchev–Trinajstić information content (AvgIpc) is 2.47. The molecule has 1 aromatic carbocycles. The number of rotatable bonds is 2. The Labute approximate surface area is 126 Å². The first-order valence-electron chi connectivity index (χ1n) is 6.67. The van der Waals surface area contributed by atoms with Crippen molar-refractivity contribution in [2.24, 2.45) is 0 Å². The number of hydrogen-bond donors (Lipinski definition) is 0. The highest BCUT2D eigenvalue weighted by molar-refractivity contribution is 9.10. The molecule has 2 heterocycles. The van der Waals surface area contributed by atoms with Crippen LogP contribution in [0.2, 0.25) is 0 Å². The van der Waals surface area contributed by atoms with Gasteiger partial charge in [-0.05, 0) is 25.1 Å². The minimum atomic E-state index is 0.750. The number of fused-ring (bicyclic) bond motifs is 1. The van der Waals surface area contributed by atoms with Crippen LogP contribution in [0, 0.1) is 6.92 Å². The Balaban J connectivity index is 2.20. The number of morpholine rings is 1. The molecule has 0 bridgehead atoms. The fourth-order valence-corrected chi connectivity index (χ4v) is 3.08. The minimum Gasteiger partial charge on any atom is -0.492 e. The molecule has 0 N–H and O–H groups in total. The largest absolute Gasteiger partial charge is 0.492 e. The van der Waals surface area contributed by atoms with Crippen LogP contribution in [0.25, 0.3) is 10.9 Å². The van der Waals surface area contributed by atoms with E-state index in [0.717, 1.165) is 58.8 Å². The summed E-state index contributed by atoms with van der Waals surface area (Å²) in [5, 5.41) is 1.07. The highest BCUT2D eigenvalue weighted by Crippen LogP contribution is 2.39. The summed E-state index contributed by atoms with van der Waals surface area (Å²) >= 11 is 3.65. The normalized spacial score (nSPS) is 15.7. The topological polar surface area (TPSA) is 34.6 Å². The quantitative estimate of drug-likeness (QED) is 0.843. The predicted octanol–water partition coefficient (Wildman–Crippen LogP) is 3.15. The molecule has 0 radical (unpaired) electrons. The number of hydrogen-bond acceptors (Lipinski definition) is 4. The number of halogens is 1. The lowest BCUT2D eigenvalue weighted by atomic mass is 10.1. The van der Waals surface area contributed by atoms with Gasteiger partial charge in [0.05, 0.1) is 26.0 Å². The van der Waals surface area contributed by atoms with Crippen molar-refractivity contribution in [3.8, 4) is 5.75 Å². The molecule has 1 saturated heterocycles. The van der Waals surface area contributed by atoms with Gasteiger partial charge in [-0.15, -0.1) is 0 Å². The first kappa shape index (κ1) is 13.6. The van der Waals surface area contributed by atoms with Crippen LogP contribution >= 0.6 is 15.9 Å². The van der Waals surface area contributed by atoms with Crippen molar-refractivity contribution in [2.45, 2.75) is 6.92 Å². The molecule has 0 amide bonds. The zero-order chi connectivity index (χ0) is 14.1. The maximum Gasteiger partial charge on any atom is 0.168 e. The van der Waals surface area contributed by atoms with Crippen molar-refractivity contribution in [1.29, 1.82) is 0 Å². The van der Waals surface area contributed by atoms with Gasteiger partial charge < -0.3 is 14.4 Å². The third kappa shape index (κ3) is 2.36. The third-order valence-corrected chi connectivity index (χ3v) is 4.21. The van der Waals surface area contributed by atoms with Gasteiger partial charge >= 0.3 is 0 Å². The maximum atomic E-state index is 5.66. The van der Waals surface area contributed by atoms with Crippen molar-refractivity contribution < 1.29 is 9.47 Å². The molecule has 1 fully saturated rings. The minimum absolute atomic E-state index is 0.750. The van der Waals surface area contributed by atoms with E-state index in [1.807, 2.05) is 13.0 Å². The van der Waals surface area contributed by atoms with Gasteiger partial charge in [-0.3, -0.25) is 0 Å². The van der Waals surface area contributed by atoms with Crippen molar-refractivity contribution >= 4 is 32.5 Å². The number of benzene rings is 1. The van der Waals surface area contributed by atoms with E-state index in [0.29, 0.717) is 0 Å². The first-order chi connectivity index (χ1) is 9.70. The molecule has 0 unspecified atom stereocenters. The Morgan fingerprint density at radius 1 is 1.30 bits per heavy atom. The Morgan fingerprint density at radius 2 is 2.05 bits per heavy atom. The summed E-state index contributed by atoms with van der Waals surface area (Å²) in [6.45, 7) is 5.24. The highest BCUT2D eigenvalue weighted by atomic mass is 79.9. The summed E-state index contributed by atoms with van der Waals surface area (Å²) in [6, 6.07) is 6.21. The number of methoxy groups -OCH3 is 1. The van der Waals surface area contributed by atoms with Gasteiger partial charge in [0.25, 0.3) is 0 Å². The molecule has 0 saturated carbocycles. The Morgan fingerprint density at radius 3 is 2.75 bits per heavy atom. The number of nitrogens with zero attached hydrogens (tertiary/aromatic N) is 2. The molecule has 5 heteroatoms. The van der Waals surface area contributed by atoms with Crippen molar-refractivity contribution in [3.63, 3.8) is 0 Å².